The normalized spacial score (nSPS) is 17.3. The van der Waals surface area contributed by atoms with Crippen LogP contribution in [0.15, 0.2) is 66.7 Å². The van der Waals surface area contributed by atoms with Gasteiger partial charge in [0, 0.05) is 37.3 Å². The second-order valence-electron chi connectivity index (χ2n) is 10.9. The van der Waals surface area contributed by atoms with Crippen LogP contribution in [0.2, 0.25) is 0 Å². The Kier molecular flexibility index (Phi) is 8.32. The third kappa shape index (κ3) is 7.06. The van der Waals surface area contributed by atoms with Crippen LogP contribution < -0.4 is 5.73 Å². The van der Waals surface area contributed by atoms with Crippen molar-refractivity contribution < 1.29 is 9.18 Å². The predicted octanol–water partition coefficient (Wildman–Crippen LogP) is 6.23. The fraction of sp³-hybridized carbons (Fsp3) is 0.406. The Labute approximate surface area is 220 Å². The topological polar surface area (TPSA) is 49.6 Å². The summed E-state index contributed by atoms with van der Waals surface area (Å²) in [5, 5.41) is 0. The molecule has 0 radical (unpaired) electrons. The first-order valence-electron chi connectivity index (χ1n) is 13.7. The van der Waals surface area contributed by atoms with E-state index in [-0.39, 0.29) is 11.6 Å². The molecular formula is C32H38FN3O. The number of aryl methyl sites for hydroxylation is 1. The van der Waals surface area contributed by atoms with E-state index >= 15 is 0 Å². The standard InChI is InChI=1S/C32H38FN3O/c33-30-11-6-25(7-12-30)21-36-16-2-4-27-9-10-28(20-29(27)23-36)32(37)13-8-24-14-17-35(18-15-24)22-26-3-1-5-31(34)19-26/h1,3,5-7,9-12,19-20,24H,2,4,8,13-18,21-23,34H2. The number of benzene rings is 3. The number of fused-ring (bicyclic) bond motifs is 1. The van der Waals surface area contributed by atoms with Crippen LogP contribution in [-0.4, -0.2) is 35.2 Å². The zero-order valence-electron chi connectivity index (χ0n) is 21.7. The van der Waals surface area contributed by atoms with Gasteiger partial charge in [-0.3, -0.25) is 14.6 Å². The Balaban J connectivity index is 1.12. The Morgan fingerprint density at radius 3 is 2.43 bits per heavy atom. The van der Waals surface area contributed by atoms with Gasteiger partial charge in [-0.1, -0.05) is 36.4 Å². The van der Waals surface area contributed by atoms with E-state index in [9.17, 15) is 9.18 Å². The minimum atomic E-state index is -0.198. The highest BCUT2D eigenvalue weighted by Crippen LogP contribution is 2.26. The van der Waals surface area contributed by atoms with E-state index in [1.165, 1.54) is 28.8 Å². The van der Waals surface area contributed by atoms with E-state index in [0.29, 0.717) is 12.3 Å². The van der Waals surface area contributed by atoms with Crippen molar-refractivity contribution in [2.75, 3.05) is 25.4 Å². The van der Waals surface area contributed by atoms with Gasteiger partial charge in [0.1, 0.15) is 5.82 Å². The van der Waals surface area contributed by atoms with Gasteiger partial charge in [0.25, 0.3) is 0 Å². The quantitative estimate of drug-likeness (QED) is 0.295. The van der Waals surface area contributed by atoms with E-state index in [1.54, 1.807) is 0 Å². The lowest BCUT2D eigenvalue weighted by molar-refractivity contribution is 0.0961. The SMILES string of the molecule is Nc1cccc(CN2CCC(CCC(=O)c3ccc4c(c3)CN(Cc3ccc(F)cc3)CCC4)CC2)c1. The maximum Gasteiger partial charge on any atom is 0.162 e. The van der Waals surface area contributed by atoms with Gasteiger partial charge in [-0.15, -0.1) is 0 Å². The summed E-state index contributed by atoms with van der Waals surface area (Å²) < 4.78 is 13.3. The summed E-state index contributed by atoms with van der Waals surface area (Å²) in [7, 11) is 0. The van der Waals surface area contributed by atoms with Crippen LogP contribution in [0.5, 0.6) is 0 Å². The Hall–Kier alpha value is -3.02. The van der Waals surface area contributed by atoms with Crippen LogP contribution in [0.1, 0.15) is 64.7 Å². The van der Waals surface area contributed by atoms with Crippen molar-refractivity contribution in [3.05, 3.63) is 100 Å². The van der Waals surface area contributed by atoms with E-state index in [1.807, 2.05) is 30.3 Å². The largest absolute Gasteiger partial charge is 0.399 e. The summed E-state index contributed by atoms with van der Waals surface area (Å²) in [6.07, 6.45) is 6.03. The summed E-state index contributed by atoms with van der Waals surface area (Å²) in [6.45, 7) is 5.75. The number of hydrogen-bond donors (Lipinski definition) is 1. The molecule has 5 heteroatoms. The lowest BCUT2D eigenvalue weighted by Crippen LogP contribution is -2.33. The number of likely N-dealkylation sites (tertiary alicyclic amines) is 1. The number of piperidine rings is 1. The van der Waals surface area contributed by atoms with Crippen molar-refractivity contribution >= 4 is 11.5 Å². The smallest absolute Gasteiger partial charge is 0.162 e. The van der Waals surface area contributed by atoms with Crippen LogP contribution in [0.3, 0.4) is 0 Å². The molecule has 0 atom stereocenters. The van der Waals surface area contributed by atoms with Gasteiger partial charge in [-0.2, -0.15) is 0 Å². The molecule has 3 aromatic carbocycles. The van der Waals surface area contributed by atoms with Crippen molar-refractivity contribution in [2.45, 2.75) is 58.2 Å². The minimum absolute atomic E-state index is 0.198. The molecule has 2 heterocycles. The predicted molar refractivity (Wildman–Crippen MR) is 148 cm³/mol. The number of nitrogen functional groups attached to an aromatic ring is 1. The van der Waals surface area contributed by atoms with Crippen LogP contribution in [0.25, 0.3) is 0 Å². The van der Waals surface area contributed by atoms with E-state index < -0.39 is 0 Å². The molecule has 1 fully saturated rings. The van der Waals surface area contributed by atoms with E-state index in [2.05, 4.69) is 34.1 Å². The highest BCUT2D eigenvalue weighted by Gasteiger charge is 2.21. The fourth-order valence-corrected chi connectivity index (χ4v) is 5.85. The Bertz CT molecular complexity index is 1200. The summed E-state index contributed by atoms with van der Waals surface area (Å²) in [4.78, 5) is 18.0. The molecule has 3 aromatic rings. The Morgan fingerprint density at radius 1 is 0.865 bits per heavy atom. The van der Waals surface area contributed by atoms with Crippen LogP contribution >= 0.6 is 0 Å². The molecule has 2 N–H and O–H groups in total. The Morgan fingerprint density at radius 2 is 1.65 bits per heavy atom. The molecule has 0 unspecified atom stereocenters. The molecule has 1 saturated heterocycles. The lowest BCUT2D eigenvalue weighted by atomic mass is 9.89. The van der Waals surface area contributed by atoms with Gasteiger partial charge in [-0.05, 0) is 110 Å². The number of halogens is 1. The van der Waals surface area contributed by atoms with Crippen molar-refractivity contribution in [1.29, 1.82) is 0 Å². The zero-order valence-corrected chi connectivity index (χ0v) is 21.7. The van der Waals surface area contributed by atoms with Crippen molar-refractivity contribution in [1.82, 2.24) is 9.80 Å². The van der Waals surface area contributed by atoms with Gasteiger partial charge in [0.2, 0.25) is 0 Å². The van der Waals surface area contributed by atoms with Gasteiger partial charge >= 0.3 is 0 Å². The number of nitrogens with zero attached hydrogens (tertiary/aromatic N) is 2. The second-order valence-corrected chi connectivity index (χ2v) is 10.9. The molecule has 0 aromatic heterocycles. The summed E-state index contributed by atoms with van der Waals surface area (Å²) in [6, 6.07) is 21.3. The summed E-state index contributed by atoms with van der Waals surface area (Å²) in [5.41, 5.74) is 12.6. The zero-order chi connectivity index (χ0) is 25.6. The molecule has 2 aliphatic rings. The minimum Gasteiger partial charge on any atom is -0.399 e. The highest BCUT2D eigenvalue weighted by atomic mass is 19.1. The van der Waals surface area contributed by atoms with Gasteiger partial charge in [0.05, 0.1) is 0 Å². The number of carbonyl (C=O) groups excluding carboxylic acids is 1. The first-order valence-corrected chi connectivity index (χ1v) is 13.7. The number of hydrogen-bond acceptors (Lipinski definition) is 4. The lowest BCUT2D eigenvalue weighted by Gasteiger charge is -2.32. The highest BCUT2D eigenvalue weighted by molar-refractivity contribution is 5.96. The molecule has 37 heavy (non-hydrogen) atoms. The molecule has 4 nitrogen and oxygen atoms in total. The van der Waals surface area contributed by atoms with Gasteiger partial charge in [0.15, 0.2) is 5.78 Å². The van der Waals surface area contributed by atoms with Crippen molar-refractivity contribution in [2.24, 2.45) is 5.92 Å². The third-order valence-corrected chi connectivity index (χ3v) is 8.01. The molecule has 2 aliphatic heterocycles. The van der Waals surface area contributed by atoms with Gasteiger partial charge < -0.3 is 5.73 Å². The third-order valence-electron chi connectivity index (χ3n) is 8.01. The number of nitrogens with two attached hydrogens (primary N) is 1. The average molecular weight is 500 g/mol. The molecule has 5 rings (SSSR count). The fourth-order valence-electron chi connectivity index (χ4n) is 5.85. The molecular weight excluding hydrogens is 461 g/mol. The first-order chi connectivity index (χ1) is 18.0. The molecule has 0 aliphatic carbocycles. The summed E-state index contributed by atoms with van der Waals surface area (Å²) >= 11 is 0. The summed E-state index contributed by atoms with van der Waals surface area (Å²) in [5.74, 6) is 0.684. The molecule has 0 amide bonds. The van der Waals surface area contributed by atoms with Crippen LogP contribution in [0, 0.1) is 11.7 Å². The van der Waals surface area contributed by atoms with Crippen LogP contribution in [-0.2, 0) is 26.1 Å². The first kappa shape index (κ1) is 25.6. The van der Waals surface area contributed by atoms with E-state index in [4.69, 9.17) is 5.73 Å². The van der Waals surface area contributed by atoms with Crippen molar-refractivity contribution in [3.8, 4) is 0 Å². The van der Waals surface area contributed by atoms with E-state index in [0.717, 1.165) is 88.2 Å². The maximum atomic E-state index is 13.3. The molecule has 0 spiro atoms. The maximum absolute atomic E-state index is 13.3. The number of Topliss-reactive ketones (excluding diaryl/α,β-unsaturated/α-hetero) is 1. The van der Waals surface area contributed by atoms with Gasteiger partial charge in [-0.25, -0.2) is 4.39 Å². The molecule has 0 saturated carbocycles. The number of anilines is 1. The number of ketones is 1. The average Bonchev–Trinajstić information content (AvgIpc) is 3.10. The number of rotatable bonds is 8. The van der Waals surface area contributed by atoms with Crippen molar-refractivity contribution in [3.63, 3.8) is 0 Å². The van der Waals surface area contributed by atoms with Crippen LogP contribution in [0.4, 0.5) is 10.1 Å². The monoisotopic (exact) mass is 499 g/mol. The number of carbonyl (C=O) groups is 1. The second kappa shape index (κ2) is 12.0. The molecule has 194 valence electrons. The molecule has 0 bridgehead atoms.